The summed E-state index contributed by atoms with van der Waals surface area (Å²) in [6.45, 7) is 9.58. The molecule has 5 amide bonds. The van der Waals surface area contributed by atoms with Gasteiger partial charge in [0.25, 0.3) is 11.8 Å². The molecule has 17 heteroatoms. The second kappa shape index (κ2) is 19.5. The van der Waals surface area contributed by atoms with Crippen LogP contribution in [0.25, 0.3) is 0 Å². The van der Waals surface area contributed by atoms with Crippen molar-refractivity contribution in [3.63, 3.8) is 0 Å². The van der Waals surface area contributed by atoms with E-state index in [0.717, 1.165) is 129 Å². The van der Waals surface area contributed by atoms with E-state index in [2.05, 4.69) is 52.5 Å². The highest BCUT2D eigenvalue weighted by Gasteiger charge is 2.47. The zero-order chi connectivity index (χ0) is 45.8. The van der Waals surface area contributed by atoms with Gasteiger partial charge in [0.1, 0.15) is 22.7 Å². The topological polar surface area (TPSA) is 199 Å². The Kier molecular flexibility index (Phi) is 13.4. The van der Waals surface area contributed by atoms with Crippen molar-refractivity contribution in [2.45, 2.75) is 106 Å². The van der Waals surface area contributed by atoms with E-state index in [1.165, 1.54) is 16.7 Å². The maximum absolute atomic E-state index is 13.1. The van der Waals surface area contributed by atoms with Crippen LogP contribution in [0.2, 0.25) is 0 Å². The Hall–Kier alpha value is -5.91. The summed E-state index contributed by atoms with van der Waals surface area (Å²) in [5.41, 5.74) is 9.91. The van der Waals surface area contributed by atoms with E-state index in [-0.39, 0.29) is 54.1 Å². The minimum absolute atomic E-state index is 0.0364. The molecule has 4 fully saturated rings. The summed E-state index contributed by atoms with van der Waals surface area (Å²) in [6, 6.07) is 16.4. The molecule has 5 aliphatic heterocycles. The lowest BCUT2D eigenvalue weighted by Gasteiger charge is -2.48. The van der Waals surface area contributed by atoms with E-state index in [9.17, 15) is 24.0 Å². The van der Waals surface area contributed by atoms with E-state index in [1.54, 1.807) is 12.3 Å². The third-order valence-corrected chi connectivity index (χ3v) is 14.7. The molecule has 4 saturated heterocycles. The second-order valence-corrected chi connectivity index (χ2v) is 20.2. The molecule has 0 bridgehead atoms. The number of fused-ring (bicyclic) bond motifs is 1. The molecule has 1 spiro atoms. The van der Waals surface area contributed by atoms with Crippen molar-refractivity contribution in [1.29, 1.82) is 0 Å². The molecule has 2 aromatic heterocycles. The van der Waals surface area contributed by atoms with Gasteiger partial charge in [0.2, 0.25) is 17.7 Å². The van der Waals surface area contributed by atoms with Gasteiger partial charge in [-0.25, -0.2) is 15.0 Å². The Morgan fingerprint density at radius 2 is 1.67 bits per heavy atom. The molecule has 7 heterocycles. The Morgan fingerprint density at radius 1 is 0.864 bits per heavy atom. The number of piperidine rings is 2. The molecule has 2 aromatic carbocycles. The number of carbonyl (C=O) groups is 5. The van der Waals surface area contributed by atoms with Crippen LogP contribution in [0, 0.1) is 5.41 Å². The van der Waals surface area contributed by atoms with Crippen LogP contribution in [0.5, 0.6) is 0 Å². The minimum atomic E-state index is -0.665. The lowest BCUT2D eigenvalue weighted by molar-refractivity contribution is -0.137. The number of nitrogens with one attached hydrogen (secondary N) is 3. The van der Waals surface area contributed by atoms with Crippen LogP contribution in [0.4, 0.5) is 17.3 Å². The lowest BCUT2D eigenvalue weighted by Crippen LogP contribution is -2.57. The first-order valence-corrected chi connectivity index (χ1v) is 24.1. The maximum atomic E-state index is 13.1. The summed E-state index contributed by atoms with van der Waals surface area (Å²) in [5, 5.41) is 9.17. The molecular weight excluding hydrogens is 855 g/mol. The number of benzene rings is 2. The van der Waals surface area contributed by atoms with Gasteiger partial charge in [-0.1, -0.05) is 42.8 Å². The third-order valence-electron chi connectivity index (χ3n) is 13.7. The highest BCUT2D eigenvalue weighted by Crippen LogP contribution is 2.41. The third kappa shape index (κ3) is 10.7. The van der Waals surface area contributed by atoms with E-state index >= 15 is 0 Å². The molecule has 5 N–H and O–H groups in total. The lowest BCUT2D eigenvalue weighted by atomic mass is 9.79. The van der Waals surface area contributed by atoms with E-state index in [0.29, 0.717) is 24.0 Å². The fourth-order valence-corrected chi connectivity index (χ4v) is 10.7. The normalized spacial score (nSPS) is 20.0. The average molecular weight is 914 g/mol. The molecule has 1 unspecified atom stereocenters. The summed E-state index contributed by atoms with van der Waals surface area (Å²) in [6.07, 6.45) is 13.4. The standard InChI is InChI=1S/C49H59N11O5S/c1-48(50)16-20-58(21-17-48)41-27-53-44(28-52-41)66-37-8-6-7-36(24-37)55-42(61)9-4-2-3-5-19-57-30-49(31-57)18-22-59(32-49)40-14-11-34(26-51-40)45(63)54-25-33-10-12-38-35(23-33)29-60(47(38)65)39-13-15-43(62)56-46(39)64/h6-8,10-12,14,23-24,26-28,39H,2-5,9,13,15-22,25,29-32,50H2,1H3,(H,54,63)(H,55,61)(H,56,62,64). The number of hydrogen-bond donors (Lipinski definition) is 4. The molecule has 0 aliphatic carbocycles. The number of nitrogens with zero attached hydrogens (tertiary/aromatic N) is 7. The van der Waals surface area contributed by atoms with Gasteiger partial charge in [0, 0.05) is 98.5 Å². The smallest absolute Gasteiger partial charge is 0.255 e. The number of unbranched alkanes of at least 4 members (excludes halogenated alkanes) is 3. The van der Waals surface area contributed by atoms with Gasteiger partial charge < -0.3 is 36.0 Å². The first-order chi connectivity index (χ1) is 31.9. The van der Waals surface area contributed by atoms with E-state index in [4.69, 9.17) is 5.73 Å². The summed E-state index contributed by atoms with van der Waals surface area (Å²) in [7, 11) is 0. The van der Waals surface area contributed by atoms with E-state index < -0.39 is 11.9 Å². The predicted octanol–water partition coefficient (Wildman–Crippen LogP) is 5.13. The van der Waals surface area contributed by atoms with Gasteiger partial charge in [-0.3, -0.25) is 29.3 Å². The van der Waals surface area contributed by atoms with Gasteiger partial charge in [-0.15, -0.1) is 0 Å². The molecule has 0 saturated carbocycles. The quantitative estimate of drug-likeness (QED) is 0.0853. The Balaban J connectivity index is 0.635. The number of nitrogens with two attached hydrogens (primary N) is 1. The second-order valence-electron chi connectivity index (χ2n) is 19.1. The fourth-order valence-electron chi connectivity index (χ4n) is 9.91. The molecule has 346 valence electrons. The van der Waals surface area contributed by atoms with Crippen molar-refractivity contribution >= 4 is 58.6 Å². The molecule has 9 rings (SSSR count). The molecule has 16 nitrogen and oxygen atoms in total. The number of anilines is 3. The maximum Gasteiger partial charge on any atom is 0.255 e. The van der Waals surface area contributed by atoms with Crippen LogP contribution in [0.1, 0.15) is 103 Å². The number of pyridine rings is 1. The van der Waals surface area contributed by atoms with Crippen LogP contribution in [-0.4, -0.2) is 112 Å². The Bertz CT molecular complexity index is 2450. The molecule has 4 aromatic rings. The molecule has 0 radical (unpaired) electrons. The first kappa shape index (κ1) is 45.3. The van der Waals surface area contributed by atoms with Crippen LogP contribution in [0.3, 0.4) is 0 Å². The number of carbonyl (C=O) groups excluding carboxylic acids is 5. The van der Waals surface area contributed by atoms with Gasteiger partial charge in [-0.05, 0) is 99.5 Å². The van der Waals surface area contributed by atoms with Gasteiger partial charge in [-0.2, -0.15) is 0 Å². The van der Waals surface area contributed by atoms with Crippen molar-refractivity contribution in [2.24, 2.45) is 11.1 Å². The molecule has 1 atom stereocenters. The van der Waals surface area contributed by atoms with Gasteiger partial charge in [0.15, 0.2) is 0 Å². The number of aromatic nitrogens is 3. The molecule has 66 heavy (non-hydrogen) atoms. The highest BCUT2D eigenvalue weighted by molar-refractivity contribution is 7.99. The summed E-state index contributed by atoms with van der Waals surface area (Å²) < 4.78 is 0. The van der Waals surface area contributed by atoms with Crippen LogP contribution < -0.4 is 31.5 Å². The zero-order valence-electron chi connectivity index (χ0n) is 37.6. The summed E-state index contributed by atoms with van der Waals surface area (Å²) >= 11 is 1.53. The number of likely N-dealkylation sites (tertiary alicyclic amines) is 1. The first-order valence-electron chi connectivity index (χ1n) is 23.3. The van der Waals surface area contributed by atoms with Crippen LogP contribution in [-0.2, 0) is 27.5 Å². The minimum Gasteiger partial charge on any atom is -0.356 e. The monoisotopic (exact) mass is 913 g/mol. The number of rotatable bonds is 16. The molecule has 5 aliphatic rings. The average Bonchev–Trinajstić information content (AvgIpc) is 3.88. The zero-order valence-corrected chi connectivity index (χ0v) is 38.4. The highest BCUT2D eigenvalue weighted by atomic mass is 32.2. The molecular formula is C49H59N11O5S. The van der Waals surface area contributed by atoms with Crippen molar-refractivity contribution in [2.75, 3.05) is 60.9 Å². The number of hydrogen-bond acceptors (Lipinski definition) is 13. The SMILES string of the molecule is CC1(N)CCN(c2cnc(Sc3cccc(NC(=O)CCCCCCN4CC5(CCN(c6ccc(C(=O)NCc7ccc8c(c7)CN(C7CCC(=O)NC7=O)C8=O)cn6)C5)C4)c3)cn2)CC1. The van der Waals surface area contributed by atoms with Crippen molar-refractivity contribution in [3.8, 4) is 0 Å². The van der Waals surface area contributed by atoms with Crippen molar-refractivity contribution in [3.05, 3.63) is 95.4 Å². The Morgan fingerprint density at radius 3 is 2.44 bits per heavy atom. The Labute approximate surface area is 389 Å². The van der Waals surface area contributed by atoms with E-state index in [1.807, 2.05) is 60.9 Å². The number of amides is 5. The van der Waals surface area contributed by atoms with Crippen LogP contribution in [0.15, 0.2) is 83.1 Å². The van der Waals surface area contributed by atoms with Gasteiger partial charge in [0.05, 0.1) is 18.0 Å². The fraction of sp³-hybridized carbons (Fsp3) is 0.469. The predicted molar refractivity (Wildman–Crippen MR) is 252 cm³/mol. The van der Waals surface area contributed by atoms with Gasteiger partial charge >= 0.3 is 0 Å². The van der Waals surface area contributed by atoms with Crippen molar-refractivity contribution < 1.29 is 24.0 Å². The van der Waals surface area contributed by atoms with Crippen LogP contribution >= 0.6 is 11.8 Å². The van der Waals surface area contributed by atoms with Crippen molar-refractivity contribution in [1.82, 2.24) is 35.4 Å². The summed E-state index contributed by atoms with van der Waals surface area (Å²) in [5.74, 6) is 0.590. The summed E-state index contributed by atoms with van der Waals surface area (Å²) in [4.78, 5) is 86.4. The number of imide groups is 1. The largest absolute Gasteiger partial charge is 0.356 e.